The molecule has 5 rings (SSSR count). The maximum atomic E-state index is 14.4. The summed E-state index contributed by atoms with van der Waals surface area (Å²) < 4.78 is 14.4. The Kier molecular flexibility index (Phi) is 4.32. The van der Waals surface area contributed by atoms with Crippen LogP contribution in [-0.2, 0) is 0 Å². The second-order valence-electron chi connectivity index (χ2n) is 7.46. The largest absolute Gasteiger partial charge is 0.507 e. The van der Waals surface area contributed by atoms with E-state index < -0.39 is 11.9 Å². The number of phenols is 1. The molecule has 0 aliphatic carbocycles. The fourth-order valence-electron chi connectivity index (χ4n) is 4.33. The number of phenolic OH excluding ortho intramolecular Hbond substituents is 1. The van der Waals surface area contributed by atoms with E-state index in [1.54, 1.807) is 18.3 Å². The molecular weight excluding hydrogens is 411 g/mol. The Balaban J connectivity index is 1.64. The highest BCUT2D eigenvalue weighted by atomic mass is 35.5. The third-order valence-electron chi connectivity index (χ3n) is 5.76. The van der Waals surface area contributed by atoms with Crippen molar-refractivity contribution < 1.29 is 19.4 Å². The van der Waals surface area contributed by atoms with Crippen molar-refractivity contribution in [1.29, 1.82) is 0 Å². The van der Waals surface area contributed by atoms with E-state index >= 15 is 0 Å². The molecule has 1 fully saturated rings. The lowest BCUT2D eigenvalue weighted by molar-refractivity contribution is 0.135. The smallest absolute Gasteiger partial charge is 0.407 e. The molecule has 30 heavy (non-hydrogen) atoms. The van der Waals surface area contributed by atoms with E-state index in [0.717, 1.165) is 16.8 Å². The zero-order valence-electron chi connectivity index (χ0n) is 15.8. The van der Waals surface area contributed by atoms with Gasteiger partial charge in [-0.2, -0.15) is 0 Å². The van der Waals surface area contributed by atoms with Gasteiger partial charge in [-0.15, -0.1) is 0 Å². The van der Waals surface area contributed by atoms with Crippen molar-refractivity contribution in [1.82, 2.24) is 9.88 Å². The molecule has 3 heterocycles. The van der Waals surface area contributed by atoms with E-state index in [4.69, 9.17) is 11.6 Å². The van der Waals surface area contributed by atoms with E-state index in [1.807, 2.05) is 0 Å². The number of amides is 1. The number of aromatic nitrogens is 1. The number of hydrogen-bond donors (Lipinski definition) is 3. The van der Waals surface area contributed by atoms with Crippen LogP contribution in [0.1, 0.15) is 0 Å². The number of aromatic hydroxyl groups is 1. The van der Waals surface area contributed by atoms with Crippen LogP contribution in [0.3, 0.4) is 0 Å². The lowest BCUT2D eigenvalue weighted by atomic mass is 9.99. The van der Waals surface area contributed by atoms with Crippen LogP contribution >= 0.6 is 11.6 Å². The number of fused-ring (bicyclic) bond motifs is 5. The molecular formula is C21H18ClFN4O3. The number of benzene rings is 2. The van der Waals surface area contributed by atoms with Gasteiger partial charge in [0.1, 0.15) is 11.6 Å². The molecule has 3 aromatic rings. The van der Waals surface area contributed by atoms with Crippen LogP contribution < -0.4 is 10.2 Å². The van der Waals surface area contributed by atoms with Gasteiger partial charge < -0.3 is 25.3 Å². The van der Waals surface area contributed by atoms with Gasteiger partial charge in [-0.1, -0.05) is 17.7 Å². The van der Waals surface area contributed by atoms with Gasteiger partial charge in [0.25, 0.3) is 0 Å². The van der Waals surface area contributed by atoms with E-state index in [0.29, 0.717) is 42.3 Å². The summed E-state index contributed by atoms with van der Waals surface area (Å²) >= 11 is 6.53. The Morgan fingerprint density at radius 1 is 1.30 bits per heavy atom. The number of hydrogen-bond acceptors (Lipinski definition) is 5. The topological polar surface area (TPSA) is 88.9 Å². The number of pyridine rings is 1. The Morgan fingerprint density at radius 3 is 2.90 bits per heavy atom. The average Bonchev–Trinajstić information content (AvgIpc) is 2.73. The third-order valence-corrected chi connectivity index (χ3v) is 6.07. The molecule has 9 heteroatoms. The molecule has 0 bridgehead atoms. The molecule has 2 aliphatic heterocycles. The SMILES string of the molecule is O=C(O)N1CCN2c3c(cnc4cc(-c5c(O)cccc5F)c(Cl)cc34)NC[C@H]2C1. The first-order chi connectivity index (χ1) is 14.4. The van der Waals surface area contributed by atoms with Gasteiger partial charge in [0.05, 0.1) is 34.7 Å². The summed E-state index contributed by atoms with van der Waals surface area (Å²) in [6, 6.07) is 7.51. The zero-order valence-corrected chi connectivity index (χ0v) is 16.5. The molecule has 0 radical (unpaired) electrons. The van der Waals surface area contributed by atoms with Crippen LogP contribution in [0.25, 0.3) is 22.0 Å². The third kappa shape index (κ3) is 2.87. The molecule has 2 aromatic carbocycles. The molecule has 154 valence electrons. The first kappa shape index (κ1) is 18.7. The van der Waals surface area contributed by atoms with Gasteiger partial charge in [0.15, 0.2) is 0 Å². The summed E-state index contributed by atoms with van der Waals surface area (Å²) in [4.78, 5) is 19.5. The number of nitrogens with one attached hydrogen (secondary N) is 1. The molecule has 1 aromatic heterocycles. The molecule has 0 saturated carbocycles. The maximum Gasteiger partial charge on any atom is 0.407 e. The van der Waals surface area contributed by atoms with Crippen molar-refractivity contribution >= 4 is 40.0 Å². The van der Waals surface area contributed by atoms with Crippen LogP contribution in [0.2, 0.25) is 5.02 Å². The first-order valence-electron chi connectivity index (χ1n) is 9.52. The molecule has 2 aliphatic rings. The van der Waals surface area contributed by atoms with E-state index in [-0.39, 0.29) is 17.4 Å². The summed E-state index contributed by atoms with van der Waals surface area (Å²) in [5.41, 5.74) is 2.77. The maximum absolute atomic E-state index is 14.4. The molecule has 1 amide bonds. The molecule has 0 spiro atoms. The summed E-state index contributed by atoms with van der Waals surface area (Å²) in [6.45, 7) is 1.97. The predicted molar refractivity (Wildman–Crippen MR) is 113 cm³/mol. The van der Waals surface area contributed by atoms with E-state index in [9.17, 15) is 19.4 Å². The standard InChI is InChI=1S/C21H18ClFN4O3/c22-14-6-13-16(7-12(14)19-15(23)2-1-3-18(19)28)25-9-17-20(13)27-5-4-26(21(29)30)10-11(27)8-24-17/h1-3,6-7,9,11,24,28H,4-5,8,10H2,(H,29,30)/t11-/m0/s1. The lowest BCUT2D eigenvalue weighted by Crippen LogP contribution is -2.58. The van der Waals surface area contributed by atoms with Gasteiger partial charge in [-0.25, -0.2) is 9.18 Å². The average molecular weight is 429 g/mol. The molecule has 7 nitrogen and oxygen atoms in total. The summed E-state index contributed by atoms with van der Waals surface area (Å²) in [7, 11) is 0. The van der Waals surface area contributed by atoms with Crippen LogP contribution in [0.15, 0.2) is 36.5 Å². The Morgan fingerprint density at radius 2 is 2.13 bits per heavy atom. The number of halogens is 2. The van der Waals surface area contributed by atoms with Crippen LogP contribution in [0, 0.1) is 5.82 Å². The van der Waals surface area contributed by atoms with Gasteiger partial charge >= 0.3 is 6.09 Å². The molecule has 3 N–H and O–H groups in total. The quantitative estimate of drug-likeness (QED) is 0.543. The number of anilines is 2. The zero-order chi connectivity index (χ0) is 21.0. The minimum absolute atomic E-state index is 0.0120. The number of carboxylic acid groups (broad SMARTS) is 1. The highest BCUT2D eigenvalue weighted by Crippen LogP contribution is 2.43. The van der Waals surface area contributed by atoms with E-state index in [1.165, 1.54) is 23.1 Å². The fourth-order valence-corrected chi connectivity index (χ4v) is 4.59. The summed E-state index contributed by atoms with van der Waals surface area (Å²) in [6.07, 6.45) is 0.800. The Labute approximate surface area is 176 Å². The lowest BCUT2D eigenvalue weighted by Gasteiger charge is -2.45. The molecule has 0 unspecified atom stereocenters. The predicted octanol–water partition coefficient (Wildman–Crippen LogP) is 3.99. The minimum atomic E-state index is -0.919. The highest BCUT2D eigenvalue weighted by Gasteiger charge is 2.34. The second kappa shape index (κ2) is 6.91. The van der Waals surface area contributed by atoms with Crippen LogP contribution in [0.4, 0.5) is 20.6 Å². The number of rotatable bonds is 1. The van der Waals surface area contributed by atoms with E-state index in [2.05, 4.69) is 15.2 Å². The molecule has 1 saturated heterocycles. The van der Waals surface area contributed by atoms with Crippen molar-refractivity contribution in [2.24, 2.45) is 0 Å². The fraction of sp³-hybridized carbons (Fsp3) is 0.238. The normalized spacial score (nSPS) is 18.0. The number of nitrogens with zero attached hydrogens (tertiary/aromatic N) is 3. The van der Waals surface area contributed by atoms with Gasteiger partial charge in [0, 0.05) is 42.2 Å². The van der Waals surface area contributed by atoms with Crippen molar-refractivity contribution in [2.75, 3.05) is 36.4 Å². The Bertz CT molecular complexity index is 1170. The van der Waals surface area contributed by atoms with Crippen molar-refractivity contribution in [3.63, 3.8) is 0 Å². The summed E-state index contributed by atoms with van der Waals surface area (Å²) in [5, 5.41) is 23.9. The first-order valence-corrected chi connectivity index (χ1v) is 9.90. The van der Waals surface area contributed by atoms with Gasteiger partial charge in [0.2, 0.25) is 0 Å². The van der Waals surface area contributed by atoms with Crippen LogP contribution in [0.5, 0.6) is 5.75 Å². The van der Waals surface area contributed by atoms with Crippen molar-refractivity contribution in [3.05, 3.63) is 47.4 Å². The van der Waals surface area contributed by atoms with Crippen molar-refractivity contribution in [2.45, 2.75) is 6.04 Å². The number of piperazine rings is 1. The molecule has 1 atom stereocenters. The second-order valence-corrected chi connectivity index (χ2v) is 7.87. The Hall–Kier alpha value is -3.26. The summed E-state index contributed by atoms with van der Waals surface area (Å²) in [5.74, 6) is -0.763. The monoisotopic (exact) mass is 428 g/mol. The minimum Gasteiger partial charge on any atom is -0.507 e. The van der Waals surface area contributed by atoms with Gasteiger partial charge in [-0.05, 0) is 24.3 Å². The van der Waals surface area contributed by atoms with Crippen molar-refractivity contribution in [3.8, 4) is 16.9 Å². The highest BCUT2D eigenvalue weighted by molar-refractivity contribution is 6.34. The number of carbonyl (C=O) groups is 1. The van der Waals surface area contributed by atoms with Gasteiger partial charge in [-0.3, -0.25) is 4.98 Å². The van der Waals surface area contributed by atoms with Crippen LogP contribution in [-0.4, -0.2) is 58.4 Å².